The van der Waals surface area contributed by atoms with Gasteiger partial charge in [-0.15, -0.1) is 0 Å². The molecule has 2 amide bonds. The molecule has 1 atom stereocenters. The first-order chi connectivity index (χ1) is 14.8. The standard InChI is InChI=1S/C22H24F2N2O5/c1-25(12-21(27)28)22(29)26-8-7-14(11-26)13-31-16-5-3-15(4-6-16)17-9-18(23)19(24)10-20(17)30-2/h3-6,9-10,14H,7-8,11-13H2,1-2H3,(H,27,28). The van der Waals surface area contributed by atoms with Crippen LogP contribution in [0.3, 0.4) is 0 Å². The molecule has 0 spiro atoms. The third-order valence-corrected chi connectivity index (χ3v) is 5.15. The SMILES string of the molecule is COc1cc(F)c(F)cc1-c1ccc(OCC2CCN(C(=O)N(C)CC(=O)O)C2)cc1. The highest BCUT2D eigenvalue weighted by Crippen LogP contribution is 2.33. The summed E-state index contributed by atoms with van der Waals surface area (Å²) < 4.78 is 38.0. The van der Waals surface area contributed by atoms with Crippen LogP contribution in [0, 0.1) is 17.6 Å². The molecule has 1 unspecified atom stereocenters. The minimum atomic E-state index is -1.06. The molecule has 0 aromatic heterocycles. The Hall–Kier alpha value is -3.36. The van der Waals surface area contributed by atoms with Crippen LogP contribution in [0.1, 0.15) is 6.42 Å². The van der Waals surface area contributed by atoms with Crippen molar-refractivity contribution in [1.82, 2.24) is 9.80 Å². The van der Waals surface area contributed by atoms with Crippen LogP contribution >= 0.6 is 0 Å². The van der Waals surface area contributed by atoms with Gasteiger partial charge in [0.25, 0.3) is 0 Å². The van der Waals surface area contributed by atoms with Crippen molar-refractivity contribution in [1.29, 1.82) is 0 Å². The van der Waals surface area contributed by atoms with Crippen molar-refractivity contribution in [3.8, 4) is 22.6 Å². The van der Waals surface area contributed by atoms with Gasteiger partial charge in [0.1, 0.15) is 18.0 Å². The zero-order valence-corrected chi connectivity index (χ0v) is 17.3. The Bertz CT molecular complexity index is 952. The topological polar surface area (TPSA) is 79.3 Å². The molecule has 1 aliphatic rings. The molecule has 0 saturated carbocycles. The van der Waals surface area contributed by atoms with Crippen LogP contribution in [-0.2, 0) is 4.79 Å². The van der Waals surface area contributed by atoms with E-state index >= 15 is 0 Å². The summed E-state index contributed by atoms with van der Waals surface area (Å²) in [6, 6.07) is 8.72. The number of rotatable bonds is 7. The van der Waals surface area contributed by atoms with E-state index in [1.807, 2.05) is 0 Å². The van der Waals surface area contributed by atoms with Crippen molar-refractivity contribution in [3.05, 3.63) is 48.0 Å². The van der Waals surface area contributed by atoms with Crippen LogP contribution in [0.2, 0.25) is 0 Å². The van der Waals surface area contributed by atoms with Gasteiger partial charge < -0.3 is 24.4 Å². The highest BCUT2D eigenvalue weighted by atomic mass is 19.2. The molecular formula is C22H24F2N2O5. The quantitative estimate of drug-likeness (QED) is 0.722. The van der Waals surface area contributed by atoms with Crippen molar-refractivity contribution < 1.29 is 33.0 Å². The maximum absolute atomic E-state index is 13.6. The Morgan fingerprint density at radius 3 is 2.52 bits per heavy atom. The Labute approximate surface area is 178 Å². The number of methoxy groups -OCH3 is 1. The summed E-state index contributed by atoms with van der Waals surface area (Å²) in [5, 5.41) is 8.81. The van der Waals surface area contributed by atoms with E-state index < -0.39 is 17.6 Å². The summed E-state index contributed by atoms with van der Waals surface area (Å²) in [5.74, 6) is -2.01. The lowest BCUT2D eigenvalue weighted by Gasteiger charge is -2.23. The van der Waals surface area contributed by atoms with Gasteiger partial charge in [-0.25, -0.2) is 13.6 Å². The fraction of sp³-hybridized carbons (Fsp3) is 0.364. The molecule has 31 heavy (non-hydrogen) atoms. The maximum Gasteiger partial charge on any atom is 0.323 e. The summed E-state index contributed by atoms with van der Waals surface area (Å²) in [4.78, 5) is 25.8. The summed E-state index contributed by atoms with van der Waals surface area (Å²) >= 11 is 0. The second kappa shape index (κ2) is 9.63. The average Bonchev–Trinajstić information content (AvgIpc) is 3.22. The number of carboxylic acids is 1. The number of hydrogen-bond donors (Lipinski definition) is 1. The monoisotopic (exact) mass is 434 g/mol. The number of likely N-dealkylation sites (tertiary alicyclic amines) is 1. The predicted molar refractivity (Wildman–Crippen MR) is 109 cm³/mol. The number of urea groups is 1. The number of aliphatic carboxylic acids is 1. The van der Waals surface area contributed by atoms with E-state index in [0.717, 1.165) is 18.6 Å². The zero-order chi connectivity index (χ0) is 22.5. The van der Waals surface area contributed by atoms with E-state index in [4.69, 9.17) is 14.6 Å². The molecule has 1 aliphatic heterocycles. The van der Waals surface area contributed by atoms with Crippen LogP contribution < -0.4 is 9.47 Å². The fourth-order valence-corrected chi connectivity index (χ4v) is 3.52. The molecule has 166 valence electrons. The summed E-state index contributed by atoms with van der Waals surface area (Å²) in [6.07, 6.45) is 0.761. The number of halogens is 2. The van der Waals surface area contributed by atoms with Gasteiger partial charge in [-0.2, -0.15) is 0 Å². The number of ether oxygens (including phenoxy) is 2. The van der Waals surface area contributed by atoms with Gasteiger partial charge in [-0.3, -0.25) is 4.79 Å². The van der Waals surface area contributed by atoms with E-state index in [1.165, 1.54) is 19.1 Å². The first kappa shape index (κ1) is 22.3. The van der Waals surface area contributed by atoms with Crippen LogP contribution in [0.5, 0.6) is 11.5 Å². The largest absolute Gasteiger partial charge is 0.496 e. The molecule has 0 radical (unpaired) electrons. The van der Waals surface area contributed by atoms with E-state index in [2.05, 4.69) is 0 Å². The average molecular weight is 434 g/mol. The zero-order valence-electron chi connectivity index (χ0n) is 17.3. The Balaban J connectivity index is 1.57. The maximum atomic E-state index is 13.6. The number of benzene rings is 2. The number of carbonyl (C=O) groups is 2. The molecular weight excluding hydrogens is 410 g/mol. The van der Waals surface area contributed by atoms with Crippen molar-refractivity contribution >= 4 is 12.0 Å². The van der Waals surface area contributed by atoms with Gasteiger partial charge in [-0.05, 0) is 30.2 Å². The van der Waals surface area contributed by atoms with Crippen molar-refractivity contribution in [2.75, 3.05) is 40.4 Å². The minimum absolute atomic E-state index is 0.133. The van der Waals surface area contributed by atoms with Gasteiger partial charge in [0.05, 0.1) is 13.7 Å². The van der Waals surface area contributed by atoms with Crippen LogP contribution in [-0.4, -0.2) is 67.3 Å². The van der Waals surface area contributed by atoms with Crippen LogP contribution in [0.4, 0.5) is 13.6 Å². The first-order valence-electron chi connectivity index (χ1n) is 9.76. The van der Waals surface area contributed by atoms with Gasteiger partial charge in [0.15, 0.2) is 11.6 Å². The van der Waals surface area contributed by atoms with E-state index in [9.17, 15) is 18.4 Å². The van der Waals surface area contributed by atoms with Crippen molar-refractivity contribution in [3.63, 3.8) is 0 Å². The number of hydrogen-bond acceptors (Lipinski definition) is 4. The van der Waals surface area contributed by atoms with E-state index in [1.54, 1.807) is 29.2 Å². The third kappa shape index (κ3) is 5.42. The van der Waals surface area contributed by atoms with Gasteiger partial charge >= 0.3 is 12.0 Å². The lowest BCUT2D eigenvalue weighted by molar-refractivity contribution is -0.137. The molecule has 9 heteroatoms. The van der Waals surface area contributed by atoms with Crippen molar-refractivity contribution in [2.45, 2.75) is 6.42 Å². The molecule has 2 aromatic carbocycles. The van der Waals surface area contributed by atoms with Crippen LogP contribution in [0.25, 0.3) is 11.1 Å². The van der Waals surface area contributed by atoms with E-state index in [-0.39, 0.29) is 24.2 Å². The smallest absolute Gasteiger partial charge is 0.323 e. The molecule has 1 saturated heterocycles. The summed E-state index contributed by atoms with van der Waals surface area (Å²) in [5.41, 5.74) is 1.09. The number of carboxylic acid groups (broad SMARTS) is 1. The molecule has 2 aromatic rings. The Kier molecular flexibility index (Phi) is 6.94. The lowest BCUT2D eigenvalue weighted by Crippen LogP contribution is -2.42. The normalized spacial score (nSPS) is 15.6. The first-order valence-corrected chi connectivity index (χ1v) is 9.76. The molecule has 3 rings (SSSR count). The second-order valence-corrected chi connectivity index (χ2v) is 7.44. The third-order valence-electron chi connectivity index (χ3n) is 5.15. The van der Waals surface area contributed by atoms with Crippen molar-refractivity contribution in [2.24, 2.45) is 5.92 Å². The predicted octanol–water partition coefficient (Wildman–Crippen LogP) is 3.48. The Morgan fingerprint density at radius 2 is 1.87 bits per heavy atom. The highest BCUT2D eigenvalue weighted by Gasteiger charge is 2.29. The number of amides is 2. The minimum Gasteiger partial charge on any atom is -0.496 e. The van der Waals surface area contributed by atoms with Gasteiger partial charge in [0.2, 0.25) is 0 Å². The highest BCUT2D eigenvalue weighted by molar-refractivity contribution is 5.80. The molecule has 1 fully saturated rings. The number of nitrogens with zero attached hydrogens (tertiary/aromatic N) is 2. The fourth-order valence-electron chi connectivity index (χ4n) is 3.52. The molecule has 1 heterocycles. The van der Waals surface area contributed by atoms with E-state index in [0.29, 0.717) is 36.6 Å². The van der Waals surface area contributed by atoms with Gasteiger partial charge in [0, 0.05) is 37.7 Å². The molecule has 1 N–H and O–H groups in total. The lowest BCUT2D eigenvalue weighted by atomic mass is 10.0. The molecule has 0 aliphatic carbocycles. The molecule has 0 bridgehead atoms. The Morgan fingerprint density at radius 1 is 1.19 bits per heavy atom. The summed E-state index contributed by atoms with van der Waals surface area (Å²) in [6.45, 7) is 1.10. The number of carbonyl (C=O) groups excluding carboxylic acids is 1. The summed E-state index contributed by atoms with van der Waals surface area (Å²) in [7, 11) is 2.85. The number of likely N-dealkylation sites (N-methyl/N-ethyl adjacent to an activating group) is 1. The van der Waals surface area contributed by atoms with Gasteiger partial charge in [-0.1, -0.05) is 12.1 Å². The van der Waals surface area contributed by atoms with Crippen LogP contribution in [0.15, 0.2) is 36.4 Å². The molecule has 7 nitrogen and oxygen atoms in total. The second-order valence-electron chi connectivity index (χ2n) is 7.44.